The topological polar surface area (TPSA) is 61.3 Å². The van der Waals surface area contributed by atoms with E-state index in [4.69, 9.17) is 5.11 Å². The fourth-order valence-corrected chi connectivity index (χ4v) is 1.70. The van der Waals surface area contributed by atoms with Crippen molar-refractivity contribution < 1.29 is 5.11 Å². The maximum atomic E-state index is 8.78. The van der Waals surface area contributed by atoms with E-state index in [1.807, 2.05) is 13.0 Å². The Balaban J connectivity index is 2.66. The molecule has 5 nitrogen and oxygen atoms in total. The molecule has 5 heteroatoms. The summed E-state index contributed by atoms with van der Waals surface area (Å²) >= 11 is 0. The van der Waals surface area contributed by atoms with Crippen LogP contribution in [-0.2, 0) is 0 Å². The number of aliphatic hydroxyl groups is 1. The Kier molecular flexibility index (Phi) is 6.56. The van der Waals surface area contributed by atoms with Crippen molar-refractivity contribution in [2.24, 2.45) is 5.92 Å². The number of hydrogen-bond acceptors (Lipinski definition) is 5. The van der Waals surface area contributed by atoms with E-state index < -0.39 is 0 Å². The second kappa shape index (κ2) is 7.94. The molecule has 19 heavy (non-hydrogen) atoms. The molecular weight excluding hydrogens is 240 g/mol. The first-order valence-electron chi connectivity index (χ1n) is 6.94. The van der Waals surface area contributed by atoms with Gasteiger partial charge in [0.1, 0.15) is 17.5 Å². The summed E-state index contributed by atoms with van der Waals surface area (Å²) in [4.78, 5) is 11.0. The second-order valence-corrected chi connectivity index (χ2v) is 5.27. The zero-order valence-electron chi connectivity index (χ0n) is 12.5. The number of nitrogens with one attached hydrogen (secondary N) is 1. The summed E-state index contributed by atoms with van der Waals surface area (Å²) in [6.07, 6.45) is 1.87. The molecule has 0 aliphatic carbocycles. The Bertz CT molecular complexity index is 382. The van der Waals surface area contributed by atoms with Gasteiger partial charge in [-0.05, 0) is 25.7 Å². The third kappa shape index (κ3) is 5.87. The standard InChI is InChI=1S/C14H26N4O/c1-11(2)6-8-18(4)14-10-13(15-7-5-9-19)16-12(3)17-14/h10-11,19H,5-9H2,1-4H3,(H,15,16,17). The smallest absolute Gasteiger partial charge is 0.134 e. The molecule has 0 unspecified atom stereocenters. The molecule has 0 fully saturated rings. The number of aromatic nitrogens is 2. The number of hydrogen-bond donors (Lipinski definition) is 2. The first kappa shape index (κ1) is 15.7. The lowest BCUT2D eigenvalue weighted by Gasteiger charge is -2.20. The number of aliphatic hydroxyl groups excluding tert-OH is 1. The minimum Gasteiger partial charge on any atom is -0.396 e. The molecule has 0 aliphatic heterocycles. The molecule has 1 aromatic rings. The predicted molar refractivity (Wildman–Crippen MR) is 79.7 cm³/mol. The Hall–Kier alpha value is -1.36. The van der Waals surface area contributed by atoms with Gasteiger partial charge in [-0.15, -0.1) is 0 Å². The van der Waals surface area contributed by atoms with Crippen molar-refractivity contribution in [3.63, 3.8) is 0 Å². The minimum absolute atomic E-state index is 0.193. The Morgan fingerprint density at radius 3 is 2.74 bits per heavy atom. The van der Waals surface area contributed by atoms with Gasteiger partial charge >= 0.3 is 0 Å². The summed E-state index contributed by atoms with van der Waals surface area (Å²) in [5.74, 6) is 3.22. The Morgan fingerprint density at radius 2 is 2.11 bits per heavy atom. The highest BCUT2D eigenvalue weighted by atomic mass is 16.3. The highest BCUT2D eigenvalue weighted by molar-refractivity contribution is 5.48. The molecule has 0 aliphatic rings. The molecule has 0 spiro atoms. The molecule has 1 aromatic heterocycles. The summed E-state index contributed by atoms with van der Waals surface area (Å²) in [6.45, 7) is 8.25. The SMILES string of the molecule is Cc1nc(NCCCO)cc(N(C)CCC(C)C)n1. The first-order chi connectivity index (χ1) is 9.02. The molecular formula is C14H26N4O. The van der Waals surface area contributed by atoms with E-state index in [2.05, 4.69) is 41.1 Å². The molecule has 108 valence electrons. The third-order valence-electron chi connectivity index (χ3n) is 2.90. The average molecular weight is 266 g/mol. The molecule has 2 N–H and O–H groups in total. The first-order valence-corrected chi connectivity index (χ1v) is 6.94. The minimum atomic E-state index is 0.193. The molecule has 1 rings (SSSR count). The zero-order chi connectivity index (χ0) is 14.3. The van der Waals surface area contributed by atoms with E-state index in [-0.39, 0.29) is 6.61 Å². The molecule has 0 saturated carbocycles. The summed E-state index contributed by atoms with van der Waals surface area (Å²) < 4.78 is 0. The van der Waals surface area contributed by atoms with Crippen LogP contribution in [0.25, 0.3) is 0 Å². The lowest BCUT2D eigenvalue weighted by Crippen LogP contribution is -2.22. The summed E-state index contributed by atoms with van der Waals surface area (Å²) in [5, 5.41) is 12.0. The van der Waals surface area contributed by atoms with E-state index in [0.717, 1.165) is 43.4 Å². The van der Waals surface area contributed by atoms with Crippen molar-refractivity contribution in [2.45, 2.75) is 33.6 Å². The number of aryl methyl sites for hydroxylation is 1. The summed E-state index contributed by atoms with van der Waals surface area (Å²) in [6, 6.07) is 1.96. The Labute approximate surface area is 116 Å². The van der Waals surface area contributed by atoms with E-state index in [1.165, 1.54) is 0 Å². The van der Waals surface area contributed by atoms with Gasteiger partial charge in [0.05, 0.1) is 0 Å². The van der Waals surface area contributed by atoms with E-state index in [9.17, 15) is 0 Å². The summed E-state index contributed by atoms with van der Waals surface area (Å²) in [7, 11) is 2.06. The third-order valence-corrected chi connectivity index (χ3v) is 2.90. The van der Waals surface area contributed by atoms with Crippen LogP contribution in [0.2, 0.25) is 0 Å². The zero-order valence-corrected chi connectivity index (χ0v) is 12.5. The number of rotatable bonds is 8. The summed E-state index contributed by atoms with van der Waals surface area (Å²) in [5.41, 5.74) is 0. The maximum absolute atomic E-state index is 8.78. The molecule has 0 bridgehead atoms. The largest absolute Gasteiger partial charge is 0.396 e. The van der Waals surface area contributed by atoms with Gasteiger partial charge in [-0.3, -0.25) is 0 Å². The monoisotopic (exact) mass is 266 g/mol. The number of anilines is 2. The number of nitrogens with zero attached hydrogens (tertiary/aromatic N) is 3. The van der Waals surface area contributed by atoms with E-state index in [0.29, 0.717) is 5.92 Å². The molecule has 0 radical (unpaired) electrons. The molecule has 0 atom stereocenters. The van der Waals surface area contributed by atoms with Crippen LogP contribution in [-0.4, -0.2) is 41.8 Å². The lowest BCUT2D eigenvalue weighted by atomic mass is 10.1. The van der Waals surface area contributed by atoms with Gasteiger partial charge in [0.15, 0.2) is 0 Å². The van der Waals surface area contributed by atoms with E-state index >= 15 is 0 Å². The van der Waals surface area contributed by atoms with Gasteiger partial charge in [-0.2, -0.15) is 0 Å². The second-order valence-electron chi connectivity index (χ2n) is 5.27. The van der Waals surface area contributed by atoms with Crippen molar-refractivity contribution in [1.29, 1.82) is 0 Å². The van der Waals surface area contributed by atoms with Crippen LogP contribution in [0.15, 0.2) is 6.07 Å². The Morgan fingerprint density at radius 1 is 1.37 bits per heavy atom. The average Bonchev–Trinajstić information content (AvgIpc) is 2.35. The van der Waals surface area contributed by atoms with Crippen molar-refractivity contribution in [2.75, 3.05) is 37.0 Å². The maximum Gasteiger partial charge on any atom is 0.134 e. The van der Waals surface area contributed by atoms with Crippen molar-refractivity contribution in [3.8, 4) is 0 Å². The van der Waals surface area contributed by atoms with Gasteiger partial charge in [-0.1, -0.05) is 13.8 Å². The van der Waals surface area contributed by atoms with Crippen molar-refractivity contribution >= 4 is 11.6 Å². The van der Waals surface area contributed by atoms with Crippen LogP contribution in [0.1, 0.15) is 32.5 Å². The van der Waals surface area contributed by atoms with Gasteiger partial charge in [-0.25, -0.2) is 9.97 Å². The van der Waals surface area contributed by atoms with Crippen LogP contribution in [0.5, 0.6) is 0 Å². The van der Waals surface area contributed by atoms with Crippen LogP contribution in [0.4, 0.5) is 11.6 Å². The lowest BCUT2D eigenvalue weighted by molar-refractivity contribution is 0.292. The van der Waals surface area contributed by atoms with Gasteiger partial charge < -0.3 is 15.3 Å². The van der Waals surface area contributed by atoms with Crippen molar-refractivity contribution in [1.82, 2.24) is 9.97 Å². The van der Waals surface area contributed by atoms with E-state index in [1.54, 1.807) is 0 Å². The van der Waals surface area contributed by atoms with Crippen LogP contribution >= 0.6 is 0 Å². The van der Waals surface area contributed by atoms with Gasteiger partial charge in [0.2, 0.25) is 0 Å². The normalized spacial score (nSPS) is 10.8. The fourth-order valence-electron chi connectivity index (χ4n) is 1.70. The van der Waals surface area contributed by atoms with Crippen LogP contribution < -0.4 is 10.2 Å². The van der Waals surface area contributed by atoms with Crippen LogP contribution in [0.3, 0.4) is 0 Å². The highest BCUT2D eigenvalue weighted by Gasteiger charge is 2.07. The van der Waals surface area contributed by atoms with Crippen molar-refractivity contribution in [3.05, 3.63) is 11.9 Å². The van der Waals surface area contributed by atoms with Gasteiger partial charge in [0.25, 0.3) is 0 Å². The molecule has 0 aromatic carbocycles. The molecule has 0 saturated heterocycles. The fraction of sp³-hybridized carbons (Fsp3) is 0.714. The quantitative estimate of drug-likeness (QED) is 0.705. The molecule has 0 amide bonds. The predicted octanol–water partition coefficient (Wildman–Crippen LogP) is 2.06. The highest BCUT2D eigenvalue weighted by Crippen LogP contribution is 2.15. The molecule has 1 heterocycles. The van der Waals surface area contributed by atoms with Crippen LogP contribution in [0, 0.1) is 12.8 Å². The van der Waals surface area contributed by atoms with Gasteiger partial charge in [0, 0.05) is 32.8 Å².